The first-order valence-electron chi connectivity index (χ1n) is 9.70. The minimum Gasteiger partial charge on any atom is -0.494 e. The summed E-state index contributed by atoms with van der Waals surface area (Å²) in [6.45, 7) is 6.83. The minimum absolute atomic E-state index is 0.103. The van der Waals surface area contributed by atoms with E-state index in [1.807, 2.05) is 61.5 Å². The minimum atomic E-state index is -0.432. The van der Waals surface area contributed by atoms with Gasteiger partial charge in [-0.1, -0.05) is 56.3 Å². The quantitative estimate of drug-likeness (QED) is 0.608. The molecule has 2 atom stereocenters. The molecule has 0 aliphatic rings. The Kier molecular flexibility index (Phi) is 8.34. The topological polar surface area (TPSA) is 58.6 Å². The molecule has 0 fully saturated rings. The third-order valence-electron chi connectivity index (χ3n) is 4.67. The van der Waals surface area contributed by atoms with Crippen molar-refractivity contribution in [2.24, 2.45) is 5.92 Å². The van der Waals surface area contributed by atoms with Gasteiger partial charge >= 0.3 is 0 Å². The molecule has 2 N–H and O–H groups in total. The summed E-state index contributed by atoms with van der Waals surface area (Å²) >= 11 is 0. The highest BCUT2D eigenvalue weighted by Crippen LogP contribution is 2.21. The average molecular weight is 370 g/mol. The SMILES string of the molecule is CC(C)CCCOc1ccc([C@H](CO)NC(=O)[C@@H](C)c2ccccc2)cc1. The lowest BCUT2D eigenvalue weighted by Gasteiger charge is -2.20. The van der Waals surface area contributed by atoms with Gasteiger partial charge < -0.3 is 15.2 Å². The van der Waals surface area contributed by atoms with Crippen LogP contribution in [0, 0.1) is 5.92 Å². The molecule has 0 aromatic heterocycles. The second-order valence-electron chi connectivity index (χ2n) is 7.33. The zero-order chi connectivity index (χ0) is 19.6. The maximum Gasteiger partial charge on any atom is 0.227 e. The summed E-state index contributed by atoms with van der Waals surface area (Å²) in [5.41, 5.74) is 1.82. The standard InChI is InChI=1S/C23H31NO3/c1-17(2)8-7-15-27-21-13-11-20(12-14-21)22(16-25)24-23(26)18(3)19-9-5-4-6-10-19/h4-6,9-14,17-18,22,25H,7-8,15-16H2,1-3H3,(H,24,26)/t18-,22-/m0/s1. The van der Waals surface area contributed by atoms with Crippen LogP contribution in [0.4, 0.5) is 0 Å². The van der Waals surface area contributed by atoms with Crippen molar-refractivity contribution in [1.29, 1.82) is 0 Å². The predicted octanol–water partition coefficient (Wildman–Crippen LogP) is 4.45. The van der Waals surface area contributed by atoms with Crippen LogP contribution in [-0.4, -0.2) is 24.2 Å². The van der Waals surface area contributed by atoms with Gasteiger partial charge in [-0.25, -0.2) is 0 Å². The molecule has 0 spiro atoms. The van der Waals surface area contributed by atoms with Gasteiger partial charge in [0.25, 0.3) is 0 Å². The Hall–Kier alpha value is -2.33. The number of benzene rings is 2. The third kappa shape index (κ3) is 6.72. The highest BCUT2D eigenvalue weighted by molar-refractivity contribution is 5.83. The summed E-state index contributed by atoms with van der Waals surface area (Å²) in [5.74, 6) is 1.12. The van der Waals surface area contributed by atoms with E-state index in [9.17, 15) is 9.90 Å². The molecule has 0 heterocycles. The molecule has 4 nitrogen and oxygen atoms in total. The van der Waals surface area contributed by atoms with Crippen LogP contribution in [0.25, 0.3) is 0 Å². The molecule has 0 saturated carbocycles. The van der Waals surface area contributed by atoms with Gasteiger partial charge in [-0.2, -0.15) is 0 Å². The molecule has 2 aromatic carbocycles. The zero-order valence-electron chi connectivity index (χ0n) is 16.5. The average Bonchev–Trinajstić information content (AvgIpc) is 2.69. The summed E-state index contributed by atoms with van der Waals surface area (Å²) in [4.78, 5) is 12.5. The second-order valence-corrected chi connectivity index (χ2v) is 7.33. The van der Waals surface area contributed by atoms with Gasteiger partial charge in [0.05, 0.1) is 25.2 Å². The van der Waals surface area contributed by atoms with Gasteiger partial charge in [0.15, 0.2) is 0 Å². The lowest BCUT2D eigenvalue weighted by atomic mass is 9.99. The van der Waals surface area contributed by atoms with Crippen molar-refractivity contribution in [2.75, 3.05) is 13.2 Å². The number of hydrogen-bond acceptors (Lipinski definition) is 3. The molecule has 0 aliphatic carbocycles. The Morgan fingerprint density at radius 1 is 1.00 bits per heavy atom. The summed E-state index contributed by atoms with van der Waals surface area (Å²) in [6.07, 6.45) is 2.18. The van der Waals surface area contributed by atoms with Crippen LogP contribution < -0.4 is 10.1 Å². The first-order valence-corrected chi connectivity index (χ1v) is 9.70. The molecular weight excluding hydrogens is 338 g/mol. The number of ether oxygens (including phenoxy) is 1. The fourth-order valence-corrected chi connectivity index (χ4v) is 2.90. The maximum absolute atomic E-state index is 12.5. The Balaban J connectivity index is 1.91. The van der Waals surface area contributed by atoms with Crippen molar-refractivity contribution < 1.29 is 14.6 Å². The molecule has 4 heteroatoms. The van der Waals surface area contributed by atoms with Crippen molar-refractivity contribution in [3.05, 3.63) is 65.7 Å². The maximum atomic E-state index is 12.5. The highest BCUT2D eigenvalue weighted by atomic mass is 16.5. The van der Waals surface area contributed by atoms with Gasteiger partial charge in [-0.05, 0) is 48.9 Å². The number of aliphatic hydroxyl groups excluding tert-OH is 1. The smallest absolute Gasteiger partial charge is 0.227 e. The van der Waals surface area contributed by atoms with Crippen LogP contribution in [0.3, 0.4) is 0 Å². The molecule has 27 heavy (non-hydrogen) atoms. The second kappa shape index (κ2) is 10.7. The first kappa shape index (κ1) is 21.0. The summed E-state index contributed by atoms with van der Waals surface area (Å²) in [7, 11) is 0. The van der Waals surface area contributed by atoms with Crippen molar-refractivity contribution in [2.45, 2.75) is 45.6 Å². The molecule has 1 amide bonds. The Morgan fingerprint density at radius 2 is 1.67 bits per heavy atom. The number of carbonyl (C=O) groups excluding carboxylic acids is 1. The molecule has 0 bridgehead atoms. The van der Waals surface area contributed by atoms with E-state index in [-0.39, 0.29) is 18.4 Å². The monoisotopic (exact) mass is 369 g/mol. The molecule has 0 saturated heterocycles. The number of carbonyl (C=O) groups is 1. The van der Waals surface area contributed by atoms with E-state index in [0.717, 1.165) is 29.7 Å². The summed E-state index contributed by atoms with van der Waals surface area (Å²) in [5, 5.41) is 12.7. The third-order valence-corrected chi connectivity index (χ3v) is 4.67. The van der Waals surface area contributed by atoms with Crippen molar-refractivity contribution >= 4 is 5.91 Å². The van der Waals surface area contributed by atoms with Crippen LogP contribution in [0.5, 0.6) is 5.75 Å². The Bertz CT molecular complexity index is 683. The Labute approximate surface area is 162 Å². The van der Waals surface area contributed by atoms with E-state index in [0.29, 0.717) is 12.5 Å². The van der Waals surface area contributed by atoms with Crippen LogP contribution in [0.15, 0.2) is 54.6 Å². The van der Waals surface area contributed by atoms with Gasteiger partial charge in [0.2, 0.25) is 5.91 Å². The van der Waals surface area contributed by atoms with Crippen LogP contribution in [0.1, 0.15) is 56.7 Å². The molecule has 0 aliphatic heterocycles. The van der Waals surface area contributed by atoms with Gasteiger partial charge in [-0.3, -0.25) is 4.79 Å². The van der Waals surface area contributed by atoms with Crippen LogP contribution in [-0.2, 0) is 4.79 Å². The summed E-state index contributed by atoms with van der Waals surface area (Å²) in [6, 6.07) is 16.8. The number of amides is 1. The Morgan fingerprint density at radius 3 is 2.26 bits per heavy atom. The number of hydrogen-bond donors (Lipinski definition) is 2. The zero-order valence-corrected chi connectivity index (χ0v) is 16.5. The first-order chi connectivity index (χ1) is 13.0. The van der Waals surface area contributed by atoms with Crippen LogP contribution >= 0.6 is 0 Å². The molecular formula is C23H31NO3. The van der Waals surface area contributed by atoms with Crippen LogP contribution in [0.2, 0.25) is 0 Å². The molecule has 0 radical (unpaired) electrons. The number of nitrogens with one attached hydrogen (secondary N) is 1. The lowest BCUT2D eigenvalue weighted by molar-refractivity contribution is -0.123. The number of aliphatic hydroxyl groups is 1. The molecule has 2 aromatic rings. The van der Waals surface area contributed by atoms with Crippen molar-refractivity contribution in [3.63, 3.8) is 0 Å². The van der Waals surface area contributed by atoms with Gasteiger partial charge in [-0.15, -0.1) is 0 Å². The number of rotatable bonds is 10. The highest BCUT2D eigenvalue weighted by Gasteiger charge is 2.19. The predicted molar refractivity (Wildman–Crippen MR) is 109 cm³/mol. The van der Waals surface area contributed by atoms with Gasteiger partial charge in [0, 0.05) is 0 Å². The normalized spacial score (nSPS) is 13.2. The van der Waals surface area contributed by atoms with Crippen molar-refractivity contribution in [3.8, 4) is 5.75 Å². The summed E-state index contributed by atoms with van der Waals surface area (Å²) < 4.78 is 5.75. The van der Waals surface area contributed by atoms with E-state index >= 15 is 0 Å². The molecule has 0 unspecified atom stereocenters. The van der Waals surface area contributed by atoms with Crippen molar-refractivity contribution in [1.82, 2.24) is 5.32 Å². The van der Waals surface area contributed by atoms with E-state index in [4.69, 9.17) is 4.74 Å². The fourth-order valence-electron chi connectivity index (χ4n) is 2.90. The largest absolute Gasteiger partial charge is 0.494 e. The van der Waals surface area contributed by atoms with E-state index in [2.05, 4.69) is 19.2 Å². The van der Waals surface area contributed by atoms with E-state index < -0.39 is 6.04 Å². The molecule has 146 valence electrons. The lowest BCUT2D eigenvalue weighted by Crippen LogP contribution is -2.33. The van der Waals surface area contributed by atoms with E-state index in [1.165, 1.54) is 0 Å². The van der Waals surface area contributed by atoms with E-state index in [1.54, 1.807) is 0 Å². The molecule has 2 rings (SSSR count). The van der Waals surface area contributed by atoms with Gasteiger partial charge in [0.1, 0.15) is 5.75 Å². The fraction of sp³-hybridized carbons (Fsp3) is 0.435.